The van der Waals surface area contributed by atoms with Gasteiger partial charge in [0.1, 0.15) is 0 Å². The minimum atomic E-state index is -1.90. The summed E-state index contributed by atoms with van der Waals surface area (Å²) in [5.74, 6) is 8.41. The van der Waals surface area contributed by atoms with Gasteiger partial charge in [-0.2, -0.15) is 0 Å². The predicted octanol–water partition coefficient (Wildman–Crippen LogP) is 10.4. The van der Waals surface area contributed by atoms with E-state index in [1.807, 2.05) is 44.2 Å². The topological polar surface area (TPSA) is 80.5 Å². The first-order chi connectivity index (χ1) is 23.1. The second-order valence-corrected chi connectivity index (χ2v) is 26.3. The van der Waals surface area contributed by atoms with Crippen LogP contribution in [0, 0.1) is 38.3 Å². The molecule has 0 fully saturated rings. The minimum absolute atomic E-state index is 0. The standard InChI is InChI=1S/C23H21N4O.C19H26GeN.Ir/c1-11(2)17-9-8-15-19-12(3)6-7-16(21(19)28-23(15)26-17)22-25-18-10-13(4)24-14(5)20(18)27-22;1-19(2,3)13-16-12-18(15-10-8-7-9-11-15)21-14-17(16)20(4,5)6;/h6,8-11H,1-5H3,(H,25,27);7-10,12,14H,13H2,1-6H3;/q2*-1;. The molecule has 1 N–H and O–H groups in total. The number of fused-ring (bicyclic) bond motifs is 4. The number of rotatable bonds is 5. The van der Waals surface area contributed by atoms with Crippen LogP contribution in [-0.2, 0) is 26.5 Å². The number of furan rings is 1. The van der Waals surface area contributed by atoms with Gasteiger partial charge in [-0.1, -0.05) is 31.7 Å². The van der Waals surface area contributed by atoms with Crippen molar-refractivity contribution >= 4 is 50.8 Å². The average molecular weight is 903 g/mol. The number of nitrogens with one attached hydrogen (secondary N) is 1. The largest absolute Gasteiger partial charge is 0.486 e. The zero-order valence-corrected chi connectivity index (χ0v) is 35.6. The van der Waals surface area contributed by atoms with Crippen LogP contribution in [0.25, 0.3) is 55.7 Å². The summed E-state index contributed by atoms with van der Waals surface area (Å²) in [6, 6.07) is 25.2. The summed E-state index contributed by atoms with van der Waals surface area (Å²) in [5.41, 5.74) is 12.0. The summed E-state index contributed by atoms with van der Waals surface area (Å²) in [4.78, 5) is 22.2. The van der Waals surface area contributed by atoms with Gasteiger partial charge < -0.3 is 9.40 Å². The molecule has 2 aromatic carbocycles. The third kappa shape index (κ3) is 7.96. The van der Waals surface area contributed by atoms with Crippen molar-refractivity contribution in [1.82, 2.24) is 24.9 Å². The van der Waals surface area contributed by atoms with Crippen LogP contribution >= 0.6 is 0 Å². The normalized spacial score (nSPS) is 12.0. The number of aromatic nitrogens is 5. The van der Waals surface area contributed by atoms with E-state index in [9.17, 15) is 0 Å². The molecule has 0 aliphatic carbocycles. The second-order valence-electron chi connectivity index (χ2n) is 15.7. The molecule has 0 saturated heterocycles. The van der Waals surface area contributed by atoms with Gasteiger partial charge in [0.05, 0.1) is 28.1 Å². The van der Waals surface area contributed by atoms with Crippen LogP contribution in [-0.4, -0.2) is 38.2 Å². The van der Waals surface area contributed by atoms with Crippen molar-refractivity contribution in [2.45, 2.75) is 85.0 Å². The molecule has 7 aromatic rings. The van der Waals surface area contributed by atoms with Crippen LogP contribution in [0.3, 0.4) is 0 Å². The maximum absolute atomic E-state index is 6.24. The van der Waals surface area contributed by atoms with Gasteiger partial charge >= 0.3 is 132 Å². The summed E-state index contributed by atoms with van der Waals surface area (Å²) in [5, 5.41) is 2.09. The molecule has 6 nitrogen and oxygen atoms in total. The number of benzene rings is 2. The first-order valence-electron chi connectivity index (χ1n) is 17.1. The molecule has 0 aliphatic rings. The molecule has 0 bridgehead atoms. The zero-order valence-electron chi connectivity index (χ0n) is 31.1. The molecule has 0 atom stereocenters. The van der Waals surface area contributed by atoms with Crippen LogP contribution in [0.5, 0.6) is 0 Å². The Balaban J connectivity index is 0.000000199. The van der Waals surface area contributed by atoms with Crippen molar-refractivity contribution in [2.75, 3.05) is 0 Å². The fourth-order valence-electron chi connectivity index (χ4n) is 6.40. The molecule has 261 valence electrons. The number of H-pyrrole nitrogens is 1. The van der Waals surface area contributed by atoms with E-state index in [0.29, 0.717) is 17.0 Å². The van der Waals surface area contributed by atoms with E-state index in [0.717, 1.165) is 79.1 Å². The number of hydrogen-bond donors (Lipinski definition) is 1. The van der Waals surface area contributed by atoms with E-state index in [-0.39, 0.29) is 20.1 Å². The summed E-state index contributed by atoms with van der Waals surface area (Å²) in [7, 11) is 0. The maximum atomic E-state index is 6.24. The number of aromatic amines is 1. The number of imidazole rings is 1. The Kier molecular flexibility index (Phi) is 10.9. The van der Waals surface area contributed by atoms with Crippen molar-refractivity contribution in [1.29, 1.82) is 0 Å². The third-order valence-electron chi connectivity index (χ3n) is 8.75. The van der Waals surface area contributed by atoms with Crippen LogP contribution < -0.4 is 4.40 Å². The molecule has 0 spiro atoms. The fraction of sp³-hybridized carbons (Fsp3) is 0.333. The van der Waals surface area contributed by atoms with Crippen molar-refractivity contribution in [3.63, 3.8) is 0 Å². The van der Waals surface area contributed by atoms with Crippen LogP contribution in [0.2, 0.25) is 17.3 Å². The predicted molar refractivity (Wildman–Crippen MR) is 206 cm³/mol. The molecule has 0 amide bonds. The molecule has 5 heterocycles. The quantitative estimate of drug-likeness (QED) is 0.138. The van der Waals surface area contributed by atoms with Gasteiger partial charge in [0.15, 0.2) is 0 Å². The van der Waals surface area contributed by atoms with Gasteiger partial charge in [-0.25, -0.2) is 4.98 Å². The number of aryl methyl sites for hydroxylation is 3. The van der Waals surface area contributed by atoms with Gasteiger partial charge in [0.2, 0.25) is 5.71 Å². The average Bonchev–Trinajstić information content (AvgIpc) is 3.63. The molecule has 7 rings (SSSR count). The first-order valence-corrected chi connectivity index (χ1v) is 24.5. The smallest absolute Gasteiger partial charge is 0.216 e. The van der Waals surface area contributed by atoms with Crippen molar-refractivity contribution in [2.24, 2.45) is 5.41 Å². The van der Waals surface area contributed by atoms with E-state index < -0.39 is 13.3 Å². The molecule has 1 radical (unpaired) electrons. The molecular weight excluding hydrogens is 855 g/mol. The van der Waals surface area contributed by atoms with Crippen LogP contribution in [0.1, 0.15) is 68.7 Å². The van der Waals surface area contributed by atoms with Gasteiger partial charge in [0, 0.05) is 36.9 Å². The van der Waals surface area contributed by atoms with Crippen molar-refractivity contribution in [3.05, 3.63) is 101 Å². The number of nitrogens with zero attached hydrogens (tertiary/aromatic N) is 4. The third-order valence-corrected chi connectivity index (χ3v) is 13.1. The summed E-state index contributed by atoms with van der Waals surface area (Å²) in [6.45, 7) is 17.2. The van der Waals surface area contributed by atoms with Crippen LogP contribution in [0.15, 0.2) is 65.2 Å². The number of pyridine rings is 3. The molecular formula is C42H47GeIrN5O-2. The molecule has 0 unspecified atom stereocenters. The van der Waals surface area contributed by atoms with Gasteiger partial charge in [-0.3, -0.25) is 9.97 Å². The number of hydrogen-bond acceptors (Lipinski definition) is 5. The molecule has 8 heteroatoms. The van der Waals surface area contributed by atoms with E-state index in [2.05, 4.69) is 111 Å². The van der Waals surface area contributed by atoms with Gasteiger partial charge in [-0.05, 0) is 38.0 Å². The van der Waals surface area contributed by atoms with Gasteiger partial charge in [-0.15, -0.1) is 17.7 Å². The Morgan fingerprint density at radius 3 is 2.36 bits per heavy atom. The van der Waals surface area contributed by atoms with E-state index >= 15 is 0 Å². The van der Waals surface area contributed by atoms with E-state index in [1.54, 1.807) is 0 Å². The van der Waals surface area contributed by atoms with E-state index in [1.165, 1.54) is 9.96 Å². The molecule has 0 aliphatic heterocycles. The summed E-state index contributed by atoms with van der Waals surface area (Å²) >= 11 is -1.90. The summed E-state index contributed by atoms with van der Waals surface area (Å²) < 4.78 is 7.77. The van der Waals surface area contributed by atoms with Crippen LogP contribution in [0.4, 0.5) is 0 Å². The summed E-state index contributed by atoms with van der Waals surface area (Å²) in [6.07, 6.45) is 3.24. The SMILES string of the molecule is CC(C)(C)Cc1cc(-c2[c-]cccc2)nc[c]1[Ge]([CH3])([CH3])[CH3].Cc1cc2nc(-c3[c-]cc(C)c4c3oc3nc(C(C)C)ccc34)[nH]c2c(C)n1.[Ir]. The molecule has 50 heavy (non-hydrogen) atoms. The Labute approximate surface area is 312 Å². The molecule has 0 saturated carbocycles. The Hall–Kier alpha value is -3.65. The monoisotopic (exact) mass is 904 g/mol. The second kappa shape index (κ2) is 14.5. The Bertz CT molecular complexity index is 2290. The first kappa shape index (κ1) is 37.6. The van der Waals surface area contributed by atoms with Crippen molar-refractivity contribution in [3.8, 4) is 22.6 Å². The Morgan fingerprint density at radius 2 is 1.70 bits per heavy atom. The van der Waals surface area contributed by atoms with E-state index in [4.69, 9.17) is 19.4 Å². The Morgan fingerprint density at radius 1 is 0.940 bits per heavy atom. The zero-order chi connectivity index (χ0) is 35.2. The maximum Gasteiger partial charge on any atom is 0.216 e. The minimum Gasteiger partial charge on any atom is -0.486 e. The molecule has 5 aromatic heterocycles. The fourth-order valence-corrected chi connectivity index (χ4v) is 9.71. The van der Waals surface area contributed by atoms with Crippen molar-refractivity contribution < 1.29 is 24.5 Å². The van der Waals surface area contributed by atoms with Gasteiger partial charge in [0.25, 0.3) is 0 Å².